The molecule has 170 valence electrons. The summed E-state index contributed by atoms with van der Waals surface area (Å²) < 4.78 is 39.1. The second kappa shape index (κ2) is 9.54. The van der Waals surface area contributed by atoms with Crippen molar-refractivity contribution in [3.63, 3.8) is 0 Å². The molecule has 0 radical (unpaired) electrons. The van der Waals surface area contributed by atoms with Gasteiger partial charge in [-0.25, -0.2) is 8.78 Å². The summed E-state index contributed by atoms with van der Waals surface area (Å²) in [7, 11) is 0. The summed E-state index contributed by atoms with van der Waals surface area (Å²) in [6.07, 6.45) is 3.46. The molecule has 0 atom stereocenters. The average molecular weight is 444 g/mol. The fourth-order valence-electron chi connectivity index (χ4n) is 4.19. The number of carbonyl (C=O) groups is 2. The first kappa shape index (κ1) is 22.0. The van der Waals surface area contributed by atoms with Crippen LogP contribution in [0.2, 0.25) is 0 Å². The Morgan fingerprint density at radius 2 is 1.75 bits per heavy atom. The van der Waals surface area contributed by atoms with E-state index in [0.29, 0.717) is 35.7 Å². The number of amides is 2. The van der Waals surface area contributed by atoms with Crippen LogP contribution < -0.4 is 14.4 Å². The first-order valence-corrected chi connectivity index (χ1v) is 10.9. The molecule has 0 unspecified atom stereocenters. The Bertz CT molecular complexity index is 1020. The van der Waals surface area contributed by atoms with Crippen LogP contribution >= 0.6 is 0 Å². The van der Waals surface area contributed by atoms with E-state index < -0.39 is 11.6 Å². The van der Waals surface area contributed by atoms with Crippen molar-refractivity contribution >= 4 is 17.5 Å². The second-order valence-corrected chi connectivity index (χ2v) is 7.92. The zero-order valence-electron chi connectivity index (χ0n) is 18.0. The fourth-order valence-corrected chi connectivity index (χ4v) is 4.19. The highest BCUT2D eigenvalue weighted by Gasteiger charge is 2.29. The maximum absolute atomic E-state index is 14.0. The Kier molecular flexibility index (Phi) is 6.58. The third kappa shape index (κ3) is 4.54. The minimum atomic E-state index is -0.724. The highest BCUT2D eigenvalue weighted by molar-refractivity contribution is 6.07. The molecule has 2 aromatic rings. The van der Waals surface area contributed by atoms with Crippen LogP contribution in [0.15, 0.2) is 30.3 Å². The molecule has 2 aliphatic heterocycles. The predicted octanol–water partition coefficient (Wildman–Crippen LogP) is 3.96. The second-order valence-electron chi connectivity index (χ2n) is 7.92. The van der Waals surface area contributed by atoms with E-state index in [9.17, 15) is 18.4 Å². The third-order valence-corrected chi connectivity index (χ3v) is 5.81. The van der Waals surface area contributed by atoms with Crippen molar-refractivity contribution in [1.29, 1.82) is 0 Å². The van der Waals surface area contributed by atoms with Crippen molar-refractivity contribution in [3.05, 3.63) is 53.1 Å². The van der Waals surface area contributed by atoms with Crippen molar-refractivity contribution in [2.24, 2.45) is 0 Å². The van der Waals surface area contributed by atoms with Crippen LogP contribution in [0.1, 0.15) is 42.1 Å². The molecule has 1 saturated heterocycles. The number of rotatable bonds is 6. The zero-order valence-corrected chi connectivity index (χ0v) is 18.0. The van der Waals surface area contributed by atoms with Crippen LogP contribution in [-0.2, 0) is 11.2 Å². The quantitative estimate of drug-likeness (QED) is 0.677. The highest BCUT2D eigenvalue weighted by Crippen LogP contribution is 2.34. The summed E-state index contributed by atoms with van der Waals surface area (Å²) in [6, 6.07) is 6.71. The molecular weight excluding hydrogens is 418 g/mol. The van der Waals surface area contributed by atoms with Gasteiger partial charge < -0.3 is 19.3 Å². The maximum Gasteiger partial charge on any atom is 0.260 e. The van der Waals surface area contributed by atoms with Crippen LogP contribution in [0.25, 0.3) is 0 Å². The van der Waals surface area contributed by atoms with E-state index in [1.165, 1.54) is 11.0 Å². The van der Waals surface area contributed by atoms with Gasteiger partial charge in [0.15, 0.2) is 18.1 Å². The minimum Gasteiger partial charge on any atom is -0.490 e. The fraction of sp³-hybridized carbons (Fsp3) is 0.417. The van der Waals surface area contributed by atoms with Gasteiger partial charge in [0.2, 0.25) is 0 Å². The maximum atomic E-state index is 14.0. The van der Waals surface area contributed by atoms with Crippen LogP contribution in [-0.4, -0.2) is 49.6 Å². The molecule has 2 heterocycles. The molecule has 2 aliphatic rings. The molecule has 2 amide bonds. The Hall–Kier alpha value is -3.16. The first-order chi connectivity index (χ1) is 15.5. The molecule has 0 aromatic heterocycles. The lowest BCUT2D eigenvalue weighted by Crippen LogP contribution is -2.38. The SMILES string of the molecule is CCOc1cc(C(=O)N2CCc3c(F)cc(F)cc32)ccc1OCC(=O)N1CCCCC1. The van der Waals surface area contributed by atoms with Crippen molar-refractivity contribution in [2.45, 2.75) is 32.6 Å². The molecule has 32 heavy (non-hydrogen) atoms. The van der Waals surface area contributed by atoms with Gasteiger partial charge in [-0.3, -0.25) is 9.59 Å². The van der Waals surface area contributed by atoms with E-state index in [1.807, 2.05) is 0 Å². The van der Waals surface area contributed by atoms with Crippen LogP contribution in [0, 0.1) is 11.6 Å². The predicted molar refractivity (Wildman–Crippen MR) is 115 cm³/mol. The number of anilines is 1. The van der Waals surface area contributed by atoms with Gasteiger partial charge in [0, 0.05) is 36.8 Å². The number of piperidine rings is 1. The van der Waals surface area contributed by atoms with E-state index in [-0.39, 0.29) is 30.7 Å². The van der Waals surface area contributed by atoms with E-state index in [2.05, 4.69) is 0 Å². The van der Waals surface area contributed by atoms with Gasteiger partial charge >= 0.3 is 0 Å². The molecular formula is C24H26F2N2O4. The van der Waals surface area contributed by atoms with Crippen molar-refractivity contribution < 1.29 is 27.8 Å². The van der Waals surface area contributed by atoms with Crippen LogP contribution in [0.5, 0.6) is 11.5 Å². The molecule has 1 fully saturated rings. The largest absolute Gasteiger partial charge is 0.490 e. The normalized spacial score (nSPS) is 15.5. The van der Waals surface area contributed by atoms with E-state index in [1.54, 1.807) is 30.0 Å². The standard InChI is InChI=1S/C24H26F2N2O4/c1-2-31-22-12-16(6-7-21(22)32-15-23(29)27-9-4-3-5-10-27)24(30)28-11-8-18-19(26)13-17(25)14-20(18)28/h6-7,12-14H,2-5,8-11,15H2,1H3. The number of benzene rings is 2. The van der Waals surface area contributed by atoms with Gasteiger partial charge in [0.05, 0.1) is 12.3 Å². The molecule has 0 N–H and O–H groups in total. The molecule has 2 aromatic carbocycles. The molecule has 8 heteroatoms. The molecule has 0 aliphatic carbocycles. The Morgan fingerprint density at radius 3 is 2.50 bits per heavy atom. The number of hydrogen-bond acceptors (Lipinski definition) is 4. The van der Waals surface area contributed by atoms with E-state index in [4.69, 9.17) is 9.47 Å². The van der Waals surface area contributed by atoms with Gasteiger partial charge in [0.1, 0.15) is 11.6 Å². The van der Waals surface area contributed by atoms with Crippen molar-refractivity contribution in [1.82, 2.24) is 4.90 Å². The van der Waals surface area contributed by atoms with E-state index in [0.717, 1.165) is 38.4 Å². The molecule has 0 spiro atoms. The molecule has 4 rings (SSSR count). The van der Waals surface area contributed by atoms with Crippen LogP contribution in [0.4, 0.5) is 14.5 Å². The monoisotopic (exact) mass is 444 g/mol. The molecule has 0 bridgehead atoms. The van der Waals surface area contributed by atoms with Crippen molar-refractivity contribution in [2.75, 3.05) is 37.7 Å². The summed E-state index contributed by atoms with van der Waals surface area (Å²) in [5, 5.41) is 0. The summed E-state index contributed by atoms with van der Waals surface area (Å²) in [4.78, 5) is 28.7. The van der Waals surface area contributed by atoms with E-state index >= 15 is 0 Å². The number of halogens is 2. The summed E-state index contributed by atoms with van der Waals surface area (Å²) in [5.41, 5.74) is 0.888. The number of nitrogens with zero attached hydrogens (tertiary/aromatic N) is 2. The summed E-state index contributed by atoms with van der Waals surface area (Å²) >= 11 is 0. The lowest BCUT2D eigenvalue weighted by atomic mass is 10.1. The van der Waals surface area contributed by atoms with Crippen LogP contribution in [0.3, 0.4) is 0 Å². The first-order valence-electron chi connectivity index (χ1n) is 10.9. The highest BCUT2D eigenvalue weighted by atomic mass is 19.1. The molecule has 6 nitrogen and oxygen atoms in total. The number of carbonyl (C=O) groups excluding carboxylic acids is 2. The number of hydrogen-bond donors (Lipinski definition) is 0. The van der Waals surface area contributed by atoms with Gasteiger partial charge in [-0.15, -0.1) is 0 Å². The molecule has 0 saturated carbocycles. The Balaban J connectivity index is 1.51. The number of ether oxygens (including phenoxy) is 2. The van der Waals surface area contributed by atoms with Gasteiger partial charge in [-0.1, -0.05) is 0 Å². The average Bonchev–Trinajstić information content (AvgIpc) is 3.22. The lowest BCUT2D eigenvalue weighted by molar-refractivity contribution is -0.134. The Labute approximate surface area is 185 Å². The smallest absolute Gasteiger partial charge is 0.260 e. The number of fused-ring (bicyclic) bond motifs is 1. The van der Waals surface area contributed by atoms with Gasteiger partial charge in [-0.05, 0) is 56.9 Å². The van der Waals surface area contributed by atoms with Gasteiger partial charge in [0.25, 0.3) is 11.8 Å². The van der Waals surface area contributed by atoms with Gasteiger partial charge in [-0.2, -0.15) is 0 Å². The number of likely N-dealkylation sites (tertiary alicyclic amines) is 1. The third-order valence-electron chi connectivity index (χ3n) is 5.81. The topological polar surface area (TPSA) is 59.1 Å². The zero-order chi connectivity index (χ0) is 22.7. The van der Waals surface area contributed by atoms with Crippen molar-refractivity contribution in [3.8, 4) is 11.5 Å². The lowest BCUT2D eigenvalue weighted by Gasteiger charge is -2.26. The summed E-state index contributed by atoms with van der Waals surface area (Å²) in [6.45, 7) is 3.79. The Morgan fingerprint density at radius 1 is 0.969 bits per heavy atom. The summed E-state index contributed by atoms with van der Waals surface area (Å²) in [5.74, 6) is -1.12. The minimum absolute atomic E-state index is 0.0787.